The van der Waals surface area contributed by atoms with Crippen LogP contribution in [0.4, 0.5) is 0 Å². The van der Waals surface area contributed by atoms with Gasteiger partial charge in [0.15, 0.2) is 0 Å². The van der Waals surface area contributed by atoms with Crippen molar-refractivity contribution in [2.24, 2.45) is 5.73 Å². The number of aliphatic hydroxyl groups excluding tert-OH is 1. The van der Waals surface area contributed by atoms with Crippen molar-refractivity contribution in [1.29, 1.82) is 0 Å². The van der Waals surface area contributed by atoms with Crippen LogP contribution < -0.4 is 5.73 Å². The quantitative estimate of drug-likeness (QED) is 0.674. The molecule has 0 spiro atoms. The van der Waals surface area contributed by atoms with Gasteiger partial charge in [0.05, 0.1) is 18.8 Å². The molecule has 2 aromatic heterocycles. The number of aromatic amines is 1. The molecule has 5 heteroatoms. The number of nitrogens with one attached hydrogen (secondary N) is 1. The van der Waals surface area contributed by atoms with Crippen LogP contribution >= 0.6 is 0 Å². The summed E-state index contributed by atoms with van der Waals surface area (Å²) in [6.45, 7) is 5.10. The average molecular weight is 298 g/mol. The van der Waals surface area contributed by atoms with E-state index in [9.17, 15) is 5.11 Å². The number of aryl methyl sites for hydroxylation is 2. The number of nitrogens with two attached hydrogens (primary N) is 1. The molecule has 3 rings (SSSR count). The summed E-state index contributed by atoms with van der Waals surface area (Å²) >= 11 is 0. The van der Waals surface area contributed by atoms with Gasteiger partial charge in [0.25, 0.3) is 0 Å². The maximum Gasteiger partial charge on any atom is 0.0644 e. The number of fused-ring (bicyclic) bond motifs is 1. The highest BCUT2D eigenvalue weighted by Gasteiger charge is 2.23. The lowest BCUT2D eigenvalue weighted by Gasteiger charge is -2.17. The molecule has 4 N–H and O–H groups in total. The molecule has 0 amide bonds. The SMILES string of the molecule is Cc1cc(C(CN)c2c(C)[nH]c3ccccc23)n(CCO)n1. The fourth-order valence-electron chi connectivity index (χ4n) is 3.25. The summed E-state index contributed by atoms with van der Waals surface area (Å²) in [4.78, 5) is 3.44. The molecule has 1 aromatic carbocycles. The molecule has 0 bridgehead atoms. The topological polar surface area (TPSA) is 79.9 Å². The zero-order valence-corrected chi connectivity index (χ0v) is 13.0. The average Bonchev–Trinajstić information content (AvgIpc) is 3.02. The van der Waals surface area contributed by atoms with Crippen molar-refractivity contribution >= 4 is 10.9 Å². The van der Waals surface area contributed by atoms with Gasteiger partial charge >= 0.3 is 0 Å². The molecule has 1 atom stereocenters. The second kappa shape index (κ2) is 5.94. The summed E-state index contributed by atoms with van der Waals surface area (Å²) in [7, 11) is 0. The molecule has 0 radical (unpaired) electrons. The Balaban J connectivity index is 2.16. The number of aromatic nitrogens is 3. The van der Waals surface area contributed by atoms with Crippen molar-refractivity contribution in [2.75, 3.05) is 13.2 Å². The number of hydrogen-bond donors (Lipinski definition) is 3. The molecule has 0 aliphatic heterocycles. The third kappa shape index (κ3) is 2.42. The highest BCUT2D eigenvalue weighted by Crippen LogP contribution is 2.33. The Morgan fingerprint density at radius 1 is 1.32 bits per heavy atom. The van der Waals surface area contributed by atoms with Crippen molar-refractivity contribution in [3.8, 4) is 0 Å². The van der Waals surface area contributed by atoms with Crippen LogP contribution in [0.3, 0.4) is 0 Å². The second-order valence-corrected chi connectivity index (χ2v) is 5.65. The highest BCUT2D eigenvalue weighted by atomic mass is 16.3. The molecular weight excluding hydrogens is 276 g/mol. The zero-order valence-electron chi connectivity index (χ0n) is 13.0. The summed E-state index contributed by atoms with van der Waals surface area (Å²) in [5.41, 5.74) is 11.6. The highest BCUT2D eigenvalue weighted by molar-refractivity contribution is 5.85. The number of hydrogen-bond acceptors (Lipinski definition) is 3. The van der Waals surface area contributed by atoms with Crippen LogP contribution in [-0.4, -0.2) is 33.0 Å². The predicted molar refractivity (Wildman–Crippen MR) is 88.0 cm³/mol. The molecule has 0 saturated heterocycles. The van der Waals surface area contributed by atoms with Gasteiger partial charge in [-0.05, 0) is 31.5 Å². The fraction of sp³-hybridized carbons (Fsp3) is 0.353. The van der Waals surface area contributed by atoms with E-state index in [1.54, 1.807) is 0 Å². The lowest BCUT2D eigenvalue weighted by Crippen LogP contribution is -2.19. The van der Waals surface area contributed by atoms with Gasteiger partial charge in [-0.3, -0.25) is 4.68 Å². The van der Waals surface area contributed by atoms with Crippen LogP contribution in [-0.2, 0) is 6.54 Å². The van der Waals surface area contributed by atoms with Gasteiger partial charge in [-0.2, -0.15) is 5.10 Å². The molecule has 2 heterocycles. The first kappa shape index (κ1) is 14.8. The number of para-hydroxylation sites is 1. The number of nitrogens with zero attached hydrogens (tertiary/aromatic N) is 2. The van der Waals surface area contributed by atoms with Crippen molar-refractivity contribution in [1.82, 2.24) is 14.8 Å². The number of aliphatic hydroxyl groups is 1. The fourth-order valence-corrected chi connectivity index (χ4v) is 3.25. The van der Waals surface area contributed by atoms with E-state index in [1.807, 2.05) is 23.7 Å². The van der Waals surface area contributed by atoms with Crippen molar-refractivity contribution in [2.45, 2.75) is 26.3 Å². The monoisotopic (exact) mass is 298 g/mol. The first-order valence-electron chi connectivity index (χ1n) is 7.58. The first-order valence-corrected chi connectivity index (χ1v) is 7.58. The summed E-state index contributed by atoms with van der Waals surface area (Å²) in [6, 6.07) is 10.3. The minimum atomic E-state index is 0.0592. The molecule has 1 unspecified atom stereocenters. The number of rotatable bonds is 5. The summed E-state index contributed by atoms with van der Waals surface area (Å²) in [5, 5.41) is 14.9. The first-order chi connectivity index (χ1) is 10.7. The summed E-state index contributed by atoms with van der Waals surface area (Å²) < 4.78 is 1.87. The minimum absolute atomic E-state index is 0.0592. The largest absolute Gasteiger partial charge is 0.394 e. The van der Waals surface area contributed by atoms with Crippen LogP contribution in [0.15, 0.2) is 30.3 Å². The van der Waals surface area contributed by atoms with E-state index in [-0.39, 0.29) is 12.5 Å². The van der Waals surface area contributed by atoms with Crippen molar-refractivity contribution in [3.63, 3.8) is 0 Å². The van der Waals surface area contributed by atoms with Crippen molar-refractivity contribution < 1.29 is 5.11 Å². The van der Waals surface area contributed by atoms with E-state index < -0.39 is 0 Å². The van der Waals surface area contributed by atoms with E-state index in [0.29, 0.717) is 13.1 Å². The molecule has 0 aliphatic rings. The standard InChI is InChI=1S/C17H22N4O/c1-11-9-16(21(20-11)7-8-22)14(10-18)17-12(2)19-15-6-4-3-5-13(15)17/h3-6,9,14,19,22H,7-8,10,18H2,1-2H3. The second-order valence-electron chi connectivity index (χ2n) is 5.65. The van der Waals surface area contributed by atoms with Gasteiger partial charge in [0.2, 0.25) is 0 Å². The molecule has 0 saturated carbocycles. The zero-order chi connectivity index (χ0) is 15.7. The lowest BCUT2D eigenvalue weighted by atomic mass is 9.92. The minimum Gasteiger partial charge on any atom is -0.394 e. The van der Waals surface area contributed by atoms with Gasteiger partial charge in [0.1, 0.15) is 0 Å². The Labute approximate surface area is 129 Å². The Bertz CT molecular complexity index is 787. The van der Waals surface area contributed by atoms with E-state index in [1.165, 1.54) is 10.9 Å². The molecule has 0 fully saturated rings. The molecule has 116 valence electrons. The molecule has 5 nitrogen and oxygen atoms in total. The van der Waals surface area contributed by atoms with E-state index in [2.05, 4.69) is 35.2 Å². The third-order valence-corrected chi connectivity index (χ3v) is 4.13. The van der Waals surface area contributed by atoms with Gasteiger partial charge < -0.3 is 15.8 Å². The van der Waals surface area contributed by atoms with Crippen LogP contribution in [0.2, 0.25) is 0 Å². The van der Waals surface area contributed by atoms with Gasteiger partial charge in [-0.15, -0.1) is 0 Å². The van der Waals surface area contributed by atoms with E-state index >= 15 is 0 Å². The number of H-pyrrole nitrogens is 1. The van der Waals surface area contributed by atoms with Gasteiger partial charge in [0, 0.05) is 34.8 Å². The van der Waals surface area contributed by atoms with Gasteiger partial charge in [-0.1, -0.05) is 18.2 Å². The Hall–Kier alpha value is -2.11. The summed E-state index contributed by atoms with van der Waals surface area (Å²) in [5.74, 6) is 0.0592. The van der Waals surface area contributed by atoms with Crippen LogP contribution in [0.25, 0.3) is 10.9 Å². The van der Waals surface area contributed by atoms with Crippen LogP contribution in [0.1, 0.15) is 28.6 Å². The van der Waals surface area contributed by atoms with Crippen LogP contribution in [0, 0.1) is 13.8 Å². The molecule has 0 aliphatic carbocycles. The molecule has 22 heavy (non-hydrogen) atoms. The maximum atomic E-state index is 9.27. The summed E-state index contributed by atoms with van der Waals surface area (Å²) in [6.07, 6.45) is 0. The Morgan fingerprint density at radius 2 is 2.09 bits per heavy atom. The molecule has 3 aromatic rings. The van der Waals surface area contributed by atoms with Gasteiger partial charge in [-0.25, -0.2) is 0 Å². The Kier molecular flexibility index (Phi) is 4.00. The van der Waals surface area contributed by atoms with E-state index in [0.717, 1.165) is 22.6 Å². The van der Waals surface area contributed by atoms with Crippen molar-refractivity contribution in [3.05, 3.63) is 53.0 Å². The predicted octanol–water partition coefficient (Wildman–Crippen LogP) is 2.06. The lowest BCUT2D eigenvalue weighted by molar-refractivity contribution is 0.266. The third-order valence-electron chi connectivity index (χ3n) is 4.13. The smallest absolute Gasteiger partial charge is 0.0644 e. The van der Waals surface area contributed by atoms with E-state index in [4.69, 9.17) is 5.73 Å². The van der Waals surface area contributed by atoms with Crippen LogP contribution in [0.5, 0.6) is 0 Å². The molecular formula is C17H22N4O. The normalized spacial score (nSPS) is 12.9. The Morgan fingerprint density at radius 3 is 2.82 bits per heavy atom. The number of benzene rings is 1. The maximum absolute atomic E-state index is 9.27.